The molecule has 0 saturated carbocycles. The van der Waals surface area contributed by atoms with Gasteiger partial charge in [-0.1, -0.05) is 12.1 Å². The van der Waals surface area contributed by atoms with Crippen LogP contribution in [0, 0.1) is 0 Å². The lowest BCUT2D eigenvalue weighted by Gasteiger charge is -2.11. The van der Waals surface area contributed by atoms with Crippen molar-refractivity contribution in [2.75, 3.05) is 10.0 Å². The molecule has 5 rings (SSSR count). The maximum Gasteiger partial charge on any atom is 0.261 e. The number of amides is 1. The quantitative estimate of drug-likeness (QED) is 0.704. The van der Waals surface area contributed by atoms with Gasteiger partial charge in [0.2, 0.25) is 5.91 Å². The Morgan fingerprint density at radius 1 is 1.11 bits per heavy atom. The highest BCUT2D eigenvalue weighted by Crippen LogP contribution is 2.29. The molecule has 0 radical (unpaired) electrons. The molecule has 2 N–H and O–H groups in total. The van der Waals surface area contributed by atoms with E-state index in [4.69, 9.17) is 0 Å². The van der Waals surface area contributed by atoms with Gasteiger partial charge in [0.25, 0.3) is 10.0 Å². The normalized spacial score (nSPS) is 15.2. The summed E-state index contributed by atoms with van der Waals surface area (Å²) >= 11 is 0. The van der Waals surface area contributed by atoms with E-state index in [1.807, 2.05) is 6.07 Å². The molecule has 28 heavy (non-hydrogen) atoms. The van der Waals surface area contributed by atoms with Crippen molar-refractivity contribution in [1.82, 2.24) is 14.8 Å². The van der Waals surface area contributed by atoms with Crippen LogP contribution >= 0.6 is 0 Å². The summed E-state index contributed by atoms with van der Waals surface area (Å²) in [6, 6.07) is 11.8. The van der Waals surface area contributed by atoms with E-state index in [0.29, 0.717) is 16.9 Å². The van der Waals surface area contributed by atoms with Crippen LogP contribution in [0.4, 0.5) is 11.4 Å². The molecule has 1 aromatic heterocycles. The molecule has 3 heterocycles. The number of aromatic nitrogens is 3. The summed E-state index contributed by atoms with van der Waals surface area (Å²) < 4.78 is 30.3. The first-order valence-electron chi connectivity index (χ1n) is 8.98. The molecule has 2 aliphatic rings. The van der Waals surface area contributed by atoms with Gasteiger partial charge in [0, 0.05) is 29.9 Å². The van der Waals surface area contributed by atoms with Gasteiger partial charge < -0.3 is 9.88 Å². The molecule has 0 atom stereocenters. The number of hydrogen-bond donors (Lipinski definition) is 2. The lowest BCUT2D eigenvalue weighted by atomic mass is 10.2. The Hall–Kier alpha value is -3.20. The molecule has 9 heteroatoms. The topological polar surface area (TPSA) is 106 Å². The second-order valence-corrected chi connectivity index (χ2v) is 8.61. The number of anilines is 2. The van der Waals surface area contributed by atoms with E-state index in [1.54, 1.807) is 24.3 Å². The van der Waals surface area contributed by atoms with E-state index in [1.165, 1.54) is 12.1 Å². The monoisotopic (exact) mass is 395 g/mol. The van der Waals surface area contributed by atoms with Crippen LogP contribution in [-0.2, 0) is 34.2 Å². The minimum atomic E-state index is -3.78. The fourth-order valence-corrected chi connectivity index (χ4v) is 4.77. The largest absolute Gasteiger partial charge is 0.326 e. The van der Waals surface area contributed by atoms with Crippen molar-refractivity contribution >= 4 is 27.3 Å². The van der Waals surface area contributed by atoms with Gasteiger partial charge in [-0.3, -0.25) is 9.52 Å². The smallest absolute Gasteiger partial charge is 0.261 e. The Morgan fingerprint density at radius 3 is 2.89 bits per heavy atom. The van der Waals surface area contributed by atoms with Crippen LogP contribution < -0.4 is 10.0 Å². The number of carbonyl (C=O) groups is 1. The number of nitrogens with one attached hydrogen (secondary N) is 2. The molecule has 0 spiro atoms. The fraction of sp³-hybridized carbons (Fsp3) is 0.211. The number of sulfonamides is 1. The van der Waals surface area contributed by atoms with Gasteiger partial charge in [-0.25, -0.2) is 8.42 Å². The van der Waals surface area contributed by atoms with Gasteiger partial charge in [-0.05, 0) is 42.3 Å². The zero-order chi connectivity index (χ0) is 19.3. The van der Waals surface area contributed by atoms with Crippen LogP contribution in [0.5, 0.6) is 0 Å². The van der Waals surface area contributed by atoms with Crippen molar-refractivity contribution in [3.8, 4) is 11.4 Å². The molecule has 0 fully saturated rings. The van der Waals surface area contributed by atoms with Gasteiger partial charge in [-0.2, -0.15) is 0 Å². The number of carbonyl (C=O) groups excluding carboxylic acids is 1. The van der Waals surface area contributed by atoms with E-state index in [2.05, 4.69) is 24.8 Å². The summed E-state index contributed by atoms with van der Waals surface area (Å²) in [7, 11) is -3.78. The van der Waals surface area contributed by atoms with Gasteiger partial charge in [0.15, 0.2) is 5.82 Å². The average molecular weight is 395 g/mol. The van der Waals surface area contributed by atoms with E-state index < -0.39 is 10.0 Å². The van der Waals surface area contributed by atoms with Gasteiger partial charge in [0.1, 0.15) is 5.82 Å². The predicted octanol–water partition coefficient (Wildman–Crippen LogP) is 2.19. The molecule has 8 nitrogen and oxygen atoms in total. The zero-order valence-electron chi connectivity index (χ0n) is 14.8. The van der Waals surface area contributed by atoms with Gasteiger partial charge >= 0.3 is 0 Å². The number of nitrogens with zero attached hydrogens (tertiary/aromatic N) is 3. The maximum atomic E-state index is 12.8. The third-order valence-corrected chi connectivity index (χ3v) is 6.37. The minimum absolute atomic E-state index is 0.122. The molecule has 2 aromatic carbocycles. The SMILES string of the molecule is O=C1Cc2cc(S(=O)(=O)Nc3cccc(-c4nnc5n4CCC5)c3)ccc2N1. The van der Waals surface area contributed by atoms with Crippen molar-refractivity contribution in [3.05, 3.63) is 53.9 Å². The van der Waals surface area contributed by atoms with E-state index in [9.17, 15) is 13.2 Å². The lowest BCUT2D eigenvalue weighted by Crippen LogP contribution is -2.13. The number of benzene rings is 2. The highest BCUT2D eigenvalue weighted by Gasteiger charge is 2.23. The first kappa shape index (κ1) is 16.9. The highest BCUT2D eigenvalue weighted by atomic mass is 32.2. The van der Waals surface area contributed by atoms with Gasteiger partial charge in [-0.15, -0.1) is 10.2 Å². The summed E-state index contributed by atoms with van der Waals surface area (Å²) in [5, 5.41) is 11.2. The van der Waals surface area contributed by atoms with Gasteiger partial charge in [0.05, 0.1) is 11.3 Å². The molecule has 0 unspecified atom stereocenters. The molecule has 0 aliphatic carbocycles. The number of rotatable bonds is 4. The summed E-state index contributed by atoms with van der Waals surface area (Å²) in [5.41, 5.74) is 2.60. The van der Waals surface area contributed by atoms with Crippen LogP contribution in [-0.4, -0.2) is 29.1 Å². The lowest BCUT2D eigenvalue weighted by molar-refractivity contribution is -0.115. The van der Waals surface area contributed by atoms with Crippen LogP contribution in [0.3, 0.4) is 0 Å². The van der Waals surface area contributed by atoms with Crippen LogP contribution in [0.25, 0.3) is 11.4 Å². The van der Waals surface area contributed by atoms with Crippen molar-refractivity contribution in [2.24, 2.45) is 0 Å². The predicted molar refractivity (Wildman–Crippen MR) is 103 cm³/mol. The van der Waals surface area contributed by atoms with Crippen LogP contribution in [0.2, 0.25) is 0 Å². The summed E-state index contributed by atoms with van der Waals surface area (Å²) in [6.07, 6.45) is 2.14. The van der Waals surface area contributed by atoms with E-state index >= 15 is 0 Å². The Morgan fingerprint density at radius 2 is 2.00 bits per heavy atom. The molecular weight excluding hydrogens is 378 g/mol. The summed E-state index contributed by atoms with van der Waals surface area (Å²) in [4.78, 5) is 11.6. The zero-order valence-corrected chi connectivity index (χ0v) is 15.7. The van der Waals surface area contributed by atoms with E-state index in [-0.39, 0.29) is 17.2 Å². The third kappa shape index (κ3) is 2.84. The molecule has 0 bridgehead atoms. The Labute approximate surface area is 161 Å². The van der Waals surface area contributed by atoms with Crippen molar-refractivity contribution in [2.45, 2.75) is 30.7 Å². The molecule has 1 amide bonds. The minimum Gasteiger partial charge on any atom is -0.326 e. The standard InChI is InChI=1S/C19H17N5O3S/c25-18-11-13-10-15(6-7-16(13)20-18)28(26,27)23-14-4-1-3-12(9-14)19-22-21-17-5-2-8-24(17)19/h1,3-4,6-7,9-10,23H,2,5,8,11H2,(H,20,25). The van der Waals surface area contributed by atoms with Crippen molar-refractivity contribution in [1.29, 1.82) is 0 Å². The Balaban J connectivity index is 1.45. The molecule has 142 valence electrons. The average Bonchev–Trinajstić information content (AvgIpc) is 3.35. The molecule has 0 saturated heterocycles. The second kappa shape index (κ2) is 6.16. The Bertz CT molecular complexity index is 1220. The molecular formula is C19H17N5O3S. The first-order chi connectivity index (χ1) is 13.5. The second-order valence-electron chi connectivity index (χ2n) is 6.93. The highest BCUT2D eigenvalue weighted by molar-refractivity contribution is 7.92. The van der Waals surface area contributed by atoms with Crippen molar-refractivity contribution in [3.63, 3.8) is 0 Å². The molecule has 3 aromatic rings. The Kier molecular flexibility index (Phi) is 3.73. The maximum absolute atomic E-state index is 12.8. The third-order valence-electron chi connectivity index (χ3n) is 4.99. The number of aryl methyl sites for hydroxylation is 1. The van der Waals surface area contributed by atoms with Crippen LogP contribution in [0.1, 0.15) is 17.8 Å². The van der Waals surface area contributed by atoms with Crippen LogP contribution in [0.15, 0.2) is 47.4 Å². The number of fused-ring (bicyclic) bond motifs is 2. The van der Waals surface area contributed by atoms with E-state index in [0.717, 1.165) is 36.6 Å². The fourth-order valence-electron chi connectivity index (χ4n) is 3.67. The summed E-state index contributed by atoms with van der Waals surface area (Å²) in [6.45, 7) is 0.871. The first-order valence-corrected chi connectivity index (χ1v) is 10.5. The number of hydrogen-bond acceptors (Lipinski definition) is 5. The van der Waals surface area contributed by atoms with Crippen molar-refractivity contribution < 1.29 is 13.2 Å². The molecule has 2 aliphatic heterocycles. The summed E-state index contributed by atoms with van der Waals surface area (Å²) in [5.74, 6) is 1.57.